The number of hydrogen-bond acceptors (Lipinski definition) is 2. The van der Waals surface area contributed by atoms with Gasteiger partial charge in [-0.3, -0.25) is 0 Å². The number of rotatable bonds is 16. The number of nitriles is 1. The Hall–Kier alpha value is -0.550. The van der Waals surface area contributed by atoms with E-state index in [4.69, 9.17) is 5.26 Å². The fourth-order valence-electron chi connectivity index (χ4n) is 2.88. The van der Waals surface area contributed by atoms with Crippen LogP contribution in [0.3, 0.4) is 0 Å². The van der Waals surface area contributed by atoms with Crippen molar-refractivity contribution in [1.29, 1.82) is 5.26 Å². The van der Waals surface area contributed by atoms with E-state index in [2.05, 4.69) is 13.0 Å². The van der Waals surface area contributed by atoms with Gasteiger partial charge in [-0.2, -0.15) is 5.26 Å². The molecule has 1 N–H and O–H groups in total. The van der Waals surface area contributed by atoms with Gasteiger partial charge in [0.25, 0.3) is 0 Å². The minimum Gasteiger partial charge on any atom is -0.396 e. The van der Waals surface area contributed by atoms with Gasteiger partial charge in [0, 0.05) is 13.0 Å². The van der Waals surface area contributed by atoms with Crippen molar-refractivity contribution in [2.45, 2.75) is 103 Å². The van der Waals surface area contributed by atoms with Crippen LogP contribution in [0, 0.1) is 17.2 Å². The molecule has 0 radical (unpaired) electrons. The Kier molecular flexibility index (Phi) is 17.0. The molecule has 0 bridgehead atoms. The number of aliphatic hydroxyl groups is 1. The third-order valence-corrected chi connectivity index (χ3v) is 4.38. The van der Waals surface area contributed by atoms with Crippen LogP contribution in [0.25, 0.3) is 0 Å². The lowest BCUT2D eigenvalue weighted by molar-refractivity contribution is 0.204. The smallest absolute Gasteiger partial charge is 0.0621 e. The molecule has 0 aromatic carbocycles. The molecule has 0 spiro atoms. The van der Waals surface area contributed by atoms with Crippen LogP contribution in [0.2, 0.25) is 0 Å². The van der Waals surface area contributed by atoms with Gasteiger partial charge >= 0.3 is 0 Å². The van der Waals surface area contributed by atoms with Gasteiger partial charge in [-0.15, -0.1) is 0 Å². The summed E-state index contributed by atoms with van der Waals surface area (Å²) < 4.78 is 0. The molecular formula is C19H37NO. The molecule has 1 atom stereocenters. The summed E-state index contributed by atoms with van der Waals surface area (Å²) in [4.78, 5) is 0. The second kappa shape index (κ2) is 17.5. The molecule has 0 aliphatic heterocycles. The number of aliphatic hydroxyl groups excluding tert-OH is 1. The van der Waals surface area contributed by atoms with Gasteiger partial charge in [-0.05, 0) is 25.2 Å². The van der Waals surface area contributed by atoms with Crippen LogP contribution < -0.4 is 0 Å². The van der Waals surface area contributed by atoms with Crippen molar-refractivity contribution in [2.24, 2.45) is 5.92 Å². The highest BCUT2D eigenvalue weighted by atomic mass is 16.3. The average molecular weight is 296 g/mol. The van der Waals surface area contributed by atoms with Crippen molar-refractivity contribution in [3.8, 4) is 6.07 Å². The molecule has 0 rings (SSSR count). The highest BCUT2D eigenvalue weighted by Crippen LogP contribution is 2.18. The van der Waals surface area contributed by atoms with Gasteiger partial charge in [0.2, 0.25) is 0 Å². The summed E-state index contributed by atoms with van der Waals surface area (Å²) in [5, 5.41) is 17.9. The molecule has 124 valence electrons. The highest BCUT2D eigenvalue weighted by Gasteiger charge is 2.06. The summed E-state index contributed by atoms with van der Waals surface area (Å²) in [6.07, 6.45) is 18.6. The Morgan fingerprint density at radius 2 is 1.24 bits per heavy atom. The zero-order valence-corrected chi connectivity index (χ0v) is 14.3. The molecular weight excluding hydrogens is 258 g/mol. The van der Waals surface area contributed by atoms with Crippen LogP contribution >= 0.6 is 0 Å². The predicted molar refractivity (Wildman–Crippen MR) is 91.1 cm³/mol. The zero-order chi connectivity index (χ0) is 15.6. The minimum atomic E-state index is 0.372. The normalized spacial score (nSPS) is 12.2. The van der Waals surface area contributed by atoms with Crippen molar-refractivity contribution in [1.82, 2.24) is 0 Å². The maximum atomic E-state index is 9.44. The first-order chi connectivity index (χ1) is 10.3. The van der Waals surface area contributed by atoms with E-state index in [9.17, 15) is 5.11 Å². The van der Waals surface area contributed by atoms with E-state index < -0.39 is 0 Å². The van der Waals surface area contributed by atoms with E-state index in [1.165, 1.54) is 83.5 Å². The van der Waals surface area contributed by atoms with Gasteiger partial charge in [-0.25, -0.2) is 0 Å². The van der Waals surface area contributed by atoms with Crippen LogP contribution in [0.4, 0.5) is 0 Å². The third kappa shape index (κ3) is 15.7. The molecule has 0 aliphatic rings. The van der Waals surface area contributed by atoms with Crippen molar-refractivity contribution in [3.63, 3.8) is 0 Å². The first-order valence-corrected chi connectivity index (χ1v) is 9.33. The molecule has 1 unspecified atom stereocenters. The topological polar surface area (TPSA) is 44.0 Å². The maximum absolute atomic E-state index is 9.44. The second-order valence-electron chi connectivity index (χ2n) is 6.42. The Balaban J connectivity index is 3.31. The summed E-state index contributed by atoms with van der Waals surface area (Å²) in [5.74, 6) is 0.537. The number of hydrogen-bond donors (Lipinski definition) is 1. The molecule has 0 amide bonds. The van der Waals surface area contributed by atoms with E-state index >= 15 is 0 Å². The lowest BCUT2D eigenvalue weighted by atomic mass is 9.95. The summed E-state index contributed by atoms with van der Waals surface area (Å²) in [5.41, 5.74) is 0. The first-order valence-electron chi connectivity index (χ1n) is 9.33. The van der Waals surface area contributed by atoms with Crippen LogP contribution in [0.1, 0.15) is 103 Å². The van der Waals surface area contributed by atoms with Crippen molar-refractivity contribution < 1.29 is 5.11 Å². The SMILES string of the molecule is CCCCCCCCC(CO)CCCCCCCCC#N. The average Bonchev–Trinajstić information content (AvgIpc) is 2.51. The van der Waals surface area contributed by atoms with E-state index in [0.29, 0.717) is 18.9 Å². The molecule has 0 heterocycles. The van der Waals surface area contributed by atoms with Crippen molar-refractivity contribution in [2.75, 3.05) is 6.61 Å². The minimum absolute atomic E-state index is 0.372. The Bertz CT molecular complexity index is 234. The van der Waals surface area contributed by atoms with Crippen LogP contribution in [-0.2, 0) is 0 Å². The van der Waals surface area contributed by atoms with Crippen molar-refractivity contribution in [3.05, 3.63) is 0 Å². The number of nitrogens with zero attached hydrogens (tertiary/aromatic N) is 1. The van der Waals surface area contributed by atoms with Gasteiger partial charge in [0.1, 0.15) is 0 Å². The number of unbranched alkanes of at least 4 members (excludes halogenated alkanes) is 11. The van der Waals surface area contributed by atoms with Gasteiger partial charge in [0.05, 0.1) is 6.07 Å². The lowest BCUT2D eigenvalue weighted by Gasteiger charge is -2.13. The van der Waals surface area contributed by atoms with E-state index in [1.54, 1.807) is 0 Å². The second-order valence-corrected chi connectivity index (χ2v) is 6.42. The predicted octanol–water partition coefficient (Wildman–Crippen LogP) is 5.99. The summed E-state index contributed by atoms with van der Waals surface area (Å²) in [7, 11) is 0. The quantitative estimate of drug-likeness (QED) is 0.355. The maximum Gasteiger partial charge on any atom is 0.0621 e. The fourth-order valence-corrected chi connectivity index (χ4v) is 2.88. The fraction of sp³-hybridized carbons (Fsp3) is 0.947. The molecule has 21 heavy (non-hydrogen) atoms. The zero-order valence-electron chi connectivity index (χ0n) is 14.3. The summed E-state index contributed by atoms with van der Waals surface area (Å²) in [6.45, 7) is 2.63. The lowest BCUT2D eigenvalue weighted by Crippen LogP contribution is -2.06. The Morgan fingerprint density at radius 1 is 0.762 bits per heavy atom. The highest BCUT2D eigenvalue weighted by molar-refractivity contribution is 4.67. The van der Waals surface area contributed by atoms with Gasteiger partial charge < -0.3 is 5.11 Å². The standard InChI is InChI=1S/C19H37NO/c1-2-3-4-5-9-12-15-19(18-21)16-13-10-7-6-8-11-14-17-20/h19,21H,2-16,18H2,1H3. The molecule has 0 saturated carbocycles. The largest absolute Gasteiger partial charge is 0.396 e. The van der Waals surface area contributed by atoms with Crippen LogP contribution in [0.5, 0.6) is 0 Å². The molecule has 0 aromatic heterocycles. The van der Waals surface area contributed by atoms with E-state index in [0.717, 1.165) is 6.42 Å². The van der Waals surface area contributed by atoms with Gasteiger partial charge in [0.15, 0.2) is 0 Å². The van der Waals surface area contributed by atoms with E-state index in [-0.39, 0.29) is 0 Å². The Labute approximate surface area is 132 Å². The summed E-state index contributed by atoms with van der Waals surface area (Å²) >= 11 is 0. The van der Waals surface area contributed by atoms with Crippen LogP contribution in [0.15, 0.2) is 0 Å². The molecule has 0 fully saturated rings. The Morgan fingerprint density at radius 3 is 1.71 bits per heavy atom. The molecule has 2 heteroatoms. The first kappa shape index (κ1) is 20.5. The molecule has 0 aliphatic carbocycles. The van der Waals surface area contributed by atoms with E-state index in [1.807, 2.05) is 0 Å². The van der Waals surface area contributed by atoms with Crippen LogP contribution in [-0.4, -0.2) is 11.7 Å². The third-order valence-electron chi connectivity index (χ3n) is 4.38. The van der Waals surface area contributed by atoms with Crippen molar-refractivity contribution >= 4 is 0 Å². The molecule has 0 saturated heterocycles. The molecule has 2 nitrogen and oxygen atoms in total. The summed E-state index contributed by atoms with van der Waals surface area (Å²) in [6, 6.07) is 2.20. The molecule has 0 aromatic rings. The van der Waals surface area contributed by atoms with Gasteiger partial charge in [-0.1, -0.05) is 77.6 Å². The monoisotopic (exact) mass is 295 g/mol.